The Labute approximate surface area is 125 Å². The van der Waals surface area contributed by atoms with E-state index in [0.29, 0.717) is 5.76 Å². The summed E-state index contributed by atoms with van der Waals surface area (Å²) in [5.74, 6) is 0.221. The summed E-state index contributed by atoms with van der Waals surface area (Å²) in [7, 11) is 0. The van der Waals surface area contributed by atoms with Gasteiger partial charge in [0.05, 0.1) is 12.6 Å². The van der Waals surface area contributed by atoms with E-state index in [1.54, 1.807) is 0 Å². The molecule has 1 heterocycles. The molecular weight excluding hydrogens is 266 g/mol. The third-order valence-corrected chi connectivity index (χ3v) is 4.15. The van der Waals surface area contributed by atoms with Gasteiger partial charge in [0.1, 0.15) is 5.58 Å². The molecule has 0 aliphatic carbocycles. The molecule has 2 N–H and O–H groups in total. The maximum absolute atomic E-state index is 12.4. The molecule has 2 rings (SSSR count). The number of fused-ring (bicyclic) bond motifs is 1. The van der Waals surface area contributed by atoms with Gasteiger partial charge in [-0.3, -0.25) is 4.79 Å². The Morgan fingerprint density at radius 2 is 1.90 bits per heavy atom. The molecular formula is C17H23NO3. The number of amides is 1. The summed E-state index contributed by atoms with van der Waals surface area (Å²) in [4.78, 5) is 12.4. The van der Waals surface area contributed by atoms with Gasteiger partial charge in [0.15, 0.2) is 5.76 Å². The van der Waals surface area contributed by atoms with E-state index in [1.807, 2.05) is 46.8 Å². The SMILES string of the molecule is Cc1ccc2c(C)c(C(=O)N[C@H](CO)C(C)C)oc2c1C. The second-order valence-electron chi connectivity index (χ2n) is 5.95. The number of hydrogen-bond acceptors (Lipinski definition) is 3. The Bertz CT molecular complexity index is 670. The highest BCUT2D eigenvalue weighted by molar-refractivity contribution is 5.99. The predicted octanol–water partition coefficient (Wildman–Crippen LogP) is 3.10. The van der Waals surface area contributed by atoms with Gasteiger partial charge in [0.2, 0.25) is 0 Å². The summed E-state index contributed by atoms with van der Waals surface area (Å²) >= 11 is 0. The number of nitrogens with one attached hydrogen (secondary N) is 1. The second-order valence-corrected chi connectivity index (χ2v) is 5.95. The first-order chi connectivity index (χ1) is 9.86. The van der Waals surface area contributed by atoms with Gasteiger partial charge >= 0.3 is 0 Å². The fourth-order valence-corrected chi connectivity index (χ4v) is 2.39. The highest BCUT2D eigenvalue weighted by Crippen LogP contribution is 2.29. The first-order valence-electron chi connectivity index (χ1n) is 7.27. The molecule has 1 aromatic heterocycles. The van der Waals surface area contributed by atoms with E-state index in [-0.39, 0.29) is 24.5 Å². The Hall–Kier alpha value is -1.81. The summed E-state index contributed by atoms with van der Waals surface area (Å²) in [5, 5.41) is 13.1. The van der Waals surface area contributed by atoms with Crippen molar-refractivity contribution in [1.29, 1.82) is 0 Å². The lowest BCUT2D eigenvalue weighted by atomic mass is 10.0. The van der Waals surface area contributed by atoms with E-state index in [1.165, 1.54) is 0 Å². The molecule has 0 fully saturated rings. The maximum Gasteiger partial charge on any atom is 0.287 e. The Morgan fingerprint density at radius 1 is 1.24 bits per heavy atom. The van der Waals surface area contributed by atoms with Crippen LogP contribution in [0.25, 0.3) is 11.0 Å². The number of aryl methyl sites for hydroxylation is 3. The minimum atomic E-state index is -0.270. The topological polar surface area (TPSA) is 62.5 Å². The van der Waals surface area contributed by atoms with Gasteiger partial charge in [-0.25, -0.2) is 0 Å². The van der Waals surface area contributed by atoms with Crippen LogP contribution in [-0.2, 0) is 0 Å². The average Bonchev–Trinajstić information content (AvgIpc) is 2.77. The summed E-state index contributed by atoms with van der Waals surface area (Å²) < 4.78 is 5.80. The van der Waals surface area contributed by atoms with Gasteiger partial charge in [-0.1, -0.05) is 26.0 Å². The number of aliphatic hydroxyl groups is 1. The lowest BCUT2D eigenvalue weighted by molar-refractivity contribution is 0.0870. The fraction of sp³-hybridized carbons (Fsp3) is 0.471. The molecule has 0 saturated heterocycles. The lowest BCUT2D eigenvalue weighted by Gasteiger charge is -2.19. The smallest absolute Gasteiger partial charge is 0.287 e. The third-order valence-electron chi connectivity index (χ3n) is 4.15. The molecule has 0 saturated carbocycles. The molecule has 21 heavy (non-hydrogen) atoms. The van der Waals surface area contributed by atoms with E-state index in [4.69, 9.17) is 4.42 Å². The molecule has 0 radical (unpaired) electrons. The van der Waals surface area contributed by atoms with Crippen LogP contribution in [0.2, 0.25) is 0 Å². The molecule has 1 aromatic carbocycles. The number of rotatable bonds is 4. The maximum atomic E-state index is 12.4. The predicted molar refractivity (Wildman–Crippen MR) is 83.6 cm³/mol. The van der Waals surface area contributed by atoms with Crippen molar-refractivity contribution in [2.75, 3.05) is 6.61 Å². The fourth-order valence-electron chi connectivity index (χ4n) is 2.39. The highest BCUT2D eigenvalue weighted by atomic mass is 16.3. The molecule has 1 atom stereocenters. The van der Waals surface area contributed by atoms with E-state index < -0.39 is 0 Å². The van der Waals surface area contributed by atoms with E-state index in [9.17, 15) is 9.90 Å². The summed E-state index contributed by atoms with van der Waals surface area (Å²) in [5.41, 5.74) is 3.80. The van der Waals surface area contributed by atoms with E-state index in [0.717, 1.165) is 27.7 Å². The second kappa shape index (κ2) is 5.90. The number of aliphatic hydroxyl groups excluding tert-OH is 1. The Kier molecular flexibility index (Phi) is 4.37. The van der Waals surface area contributed by atoms with Crippen molar-refractivity contribution < 1.29 is 14.3 Å². The molecule has 1 amide bonds. The number of carbonyl (C=O) groups is 1. The molecule has 4 nitrogen and oxygen atoms in total. The molecule has 0 bridgehead atoms. The number of carbonyl (C=O) groups excluding carboxylic acids is 1. The number of benzene rings is 1. The zero-order valence-electron chi connectivity index (χ0n) is 13.3. The van der Waals surface area contributed by atoms with Gasteiger partial charge in [0, 0.05) is 10.9 Å². The van der Waals surface area contributed by atoms with Crippen LogP contribution in [-0.4, -0.2) is 23.7 Å². The standard InChI is InChI=1S/C17H23NO3/c1-9(2)14(8-19)18-17(20)16-12(5)13-7-6-10(3)11(4)15(13)21-16/h6-7,9,14,19H,8H2,1-5H3,(H,18,20)/t14-/m1/s1. The monoisotopic (exact) mass is 289 g/mol. The van der Waals surface area contributed by atoms with Crippen molar-refractivity contribution in [1.82, 2.24) is 5.32 Å². The van der Waals surface area contributed by atoms with Crippen molar-refractivity contribution >= 4 is 16.9 Å². The normalized spacial score (nSPS) is 12.9. The Morgan fingerprint density at radius 3 is 2.48 bits per heavy atom. The van der Waals surface area contributed by atoms with Crippen LogP contribution in [0.5, 0.6) is 0 Å². The molecule has 2 aromatic rings. The minimum Gasteiger partial charge on any atom is -0.450 e. The minimum absolute atomic E-state index is 0.0825. The van der Waals surface area contributed by atoms with Crippen LogP contribution in [0.3, 0.4) is 0 Å². The van der Waals surface area contributed by atoms with Crippen LogP contribution in [0, 0.1) is 26.7 Å². The third kappa shape index (κ3) is 2.81. The van der Waals surface area contributed by atoms with Crippen molar-refractivity contribution in [3.05, 3.63) is 34.6 Å². The number of furan rings is 1. The summed E-state index contributed by atoms with van der Waals surface area (Å²) in [6.07, 6.45) is 0. The highest BCUT2D eigenvalue weighted by Gasteiger charge is 2.22. The van der Waals surface area contributed by atoms with Crippen molar-refractivity contribution in [3.8, 4) is 0 Å². The van der Waals surface area contributed by atoms with Crippen LogP contribution < -0.4 is 5.32 Å². The van der Waals surface area contributed by atoms with Crippen LogP contribution in [0.1, 0.15) is 41.1 Å². The van der Waals surface area contributed by atoms with Gasteiger partial charge in [0.25, 0.3) is 5.91 Å². The summed E-state index contributed by atoms with van der Waals surface area (Å²) in [6.45, 7) is 9.74. The van der Waals surface area contributed by atoms with Gasteiger partial charge in [-0.2, -0.15) is 0 Å². The van der Waals surface area contributed by atoms with E-state index in [2.05, 4.69) is 5.32 Å². The van der Waals surface area contributed by atoms with Crippen LogP contribution in [0.15, 0.2) is 16.5 Å². The first kappa shape index (κ1) is 15.6. The van der Waals surface area contributed by atoms with Gasteiger partial charge in [-0.05, 0) is 37.8 Å². The lowest BCUT2D eigenvalue weighted by Crippen LogP contribution is -2.41. The molecule has 0 aliphatic heterocycles. The van der Waals surface area contributed by atoms with Crippen LogP contribution >= 0.6 is 0 Å². The quantitative estimate of drug-likeness (QED) is 0.909. The zero-order valence-corrected chi connectivity index (χ0v) is 13.3. The van der Waals surface area contributed by atoms with Crippen molar-refractivity contribution in [3.63, 3.8) is 0 Å². The molecule has 114 valence electrons. The van der Waals surface area contributed by atoms with Crippen molar-refractivity contribution in [2.24, 2.45) is 5.92 Å². The largest absolute Gasteiger partial charge is 0.450 e. The Balaban J connectivity index is 2.40. The zero-order chi connectivity index (χ0) is 15.7. The summed E-state index contributed by atoms with van der Waals surface area (Å²) in [6, 6.07) is 3.75. The van der Waals surface area contributed by atoms with E-state index >= 15 is 0 Å². The van der Waals surface area contributed by atoms with Crippen molar-refractivity contribution in [2.45, 2.75) is 40.7 Å². The average molecular weight is 289 g/mol. The molecule has 0 aliphatic rings. The molecule has 0 spiro atoms. The molecule has 0 unspecified atom stereocenters. The van der Waals surface area contributed by atoms with Crippen LogP contribution in [0.4, 0.5) is 0 Å². The van der Waals surface area contributed by atoms with Gasteiger partial charge < -0.3 is 14.8 Å². The molecule has 4 heteroatoms. The van der Waals surface area contributed by atoms with Gasteiger partial charge in [-0.15, -0.1) is 0 Å². The first-order valence-corrected chi connectivity index (χ1v) is 7.27. The number of hydrogen-bond donors (Lipinski definition) is 2.